The third-order valence-corrected chi connectivity index (χ3v) is 8.12. The quantitative estimate of drug-likeness (QED) is 0.303. The van der Waals surface area contributed by atoms with E-state index in [9.17, 15) is 9.18 Å². The van der Waals surface area contributed by atoms with Gasteiger partial charge in [0.2, 0.25) is 0 Å². The average Bonchev–Trinajstić information content (AvgIpc) is 3.17. The summed E-state index contributed by atoms with van der Waals surface area (Å²) >= 11 is 0. The lowest BCUT2D eigenvalue weighted by molar-refractivity contribution is 0.0718. The van der Waals surface area contributed by atoms with Gasteiger partial charge >= 0.3 is 0 Å². The van der Waals surface area contributed by atoms with Crippen molar-refractivity contribution in [1.82, 2.24) is 14.5 Å². The van der Waals surface area contributed by atoms with Crippen LogP contribution in [0.15, 0.2) is 54.6 Å². The topological polar surface area (TPSA) is 41.4 Å². The van der Waals surface area contributed by atoms with Crippen molar-refractivity contribution in [3.8, 4) is 0 Å². The predicted molar refractivity (Wildman–Crippen MR) is 153 cm³/mol. The molecule has 0 unspecified atom stereocenters. The highest BCUT2D eigenvalue weighted by Gasteiger charge is 2.27. The lowest BCUT2D eigenvalue weighted by Crippen LogP contribution is -2.37. The van der Waals surface area contributed by atoms with Crippen molar-refractivity contribution >= 4 is 35.0 Å². The monoisotopic (exact) mass is 532 g/mol. The first-order valence-corrected chi connectivity index (χ1v) is 13.4. The molecule has 1 amide bonds. The standard InChI is InChI=1S/C31H33FN4O.ClH/c1-21-22(2)36(19-23-9-8-12-26(32)17-23)29-27(21)18-28(31(37)34-14-6-3-7-15-34)33-30(29)35-16-13-24-10-4-5-11-25(24)20-35;/h4-5,8-12,17-18H,3,6-7,13-16,19-20H2,1-2H3;1H. The molecule has 198 valence electrons. The van der Waals surface area contributed by atoms with Crippen molar-refractivity contribution in [3.63, 3.8) is 0 Å². The summed E-state index contributed by atoms with van der Waals surface area (Å²) in [6, 6.07) is 17.3. The highest BCUT2D eigenvalue weighted by atomic mass is 35.5. The van der Waals surface area contributed by atoms with E-state index >= 15 is 0 Å². The molecule has 2 aliphatic rings. The molecule has 0 radical (unpaired) electrons. The first-order chi connectivity index (χ1) is 18.0. The summed E-state index contributed by atoms with van der Waals surface area (Å²) in [5.41, 5.74) is 7.38. The van der Waals surface area contributed by atoms with Crippen LogP contribution in [0.4, 0.5) is 10.2 Å². The number of halogens is 2. The van der Waals surface area contributed by atoms with Gasteiger partial charge in [-0.1, -0.05) is 36.4 Å². The Balaban J connectivity index is 0.00000294. The zero-order valence-electron chi connectivity index (χ0n) is 22.0. The minimum Gasteiger partial charge on any atom is -0.350 e. The van der Waals surface area contributed by atoms with Gasteiger partial charge in [0.05, 0.1) is 5.52 Å². The number of fused-ring (bicyclic) bond motifs is 2. The van der Waals surface area contributed by atoms with Crippen LogP contribution in [0.3, 0.4) is 0 Å². The molecular formula is C31H34ClFN4O. The Bertz CT molecular complexity index is 1490. The number of carbonyl (C=O) groups is 1. The molecule has 0 N–H and O–H groups in total. The fraction of sp³-hybridized carbons (Fsp3) is 0.355. The van der Waals surface area contributed by atoms with Crippen LogP contribution in [0.5, 0.6) is 0 Å². The number of amides is 1. The fourth-order valence-electron chi connectivity index (χ4n) is 5.92. The molecule has 2 aromatic carbocycles. The maximum atomic E-state index is 14.0. The van der Waals surface area contributed by atoms with Gasteiger partial charge in [-0.25, -0.2) is 9.37 Å². The van der Waals surface area contributed by atoms with Gasteiger partial charge in [0.1, 0.15) is 11.5 Å². The summed E-state index contributed by atoms with van der Waals surface area (Å²) < 4.78 is 16.3. The highest BCUT2D eigenvalue weighted by molar-refractivity contribution is 6.01. The number of hydrogen-bond acceptors (Lipinski definition) is 3. The number of piperidine rings is 1. The Labute approximate surface area is 229 Å². The molecule has 4 aromatic rings. The molecule has 2 aromatic heterocycles. The van der Waals surface area contributed by atoms with Crippen molar-refractivity contribution in [2.75, 3.05) is 24.5 Å². The number of pyridine rings is 1. The molecule has 0 aliphatic carbocycles. The van der Waals surface area contributed by atoms with Crippen LogP contribution in [-0.2, 0) is 19.5 Å². The van der Waals surface area contributed by atoms with Gasteiger partial charge in [-0.3, -0.25) is 4.79 Å². The Kier molecular flexibility index (Phi) is 7.44. The van der Waals surface area contributed by atoms with Gasteiger partial charge in [-0.15, -0.1) is 12.4 Å². The molecule has 5 nitrogen and oxygen atoms in total. The number of nitrogens with zero attached hydrogens (tertiary/aromatic N) is 4. The van der Waals surface area contributed by atoms with E-state index in [-0.39, 0.29) is 24.1 Å². The first-order valence-electron chi connectivity index (χ1n) is 13.4. The van der Waals surface area contributed by atoms with Gasteiger partial charge in [-0.2, -0.15) is 0 Å². The van der Waals surface area contributed by atoms with Crippen LogP contribution in [0.2, 0.25) is 0 Å². The number of aromatic nitrogens is 2. The first kappa shape index (κ1) is 26.2. The third kappa shape index (κ3) is 4.78. The van der Waals surface area contributed by atoms with Crippen molar-refractivity contribution in [1.29, 1.82) is 0 Å². The van der Waals surface area contributed by atoms with E-state index in [0.717, 1.165) is 79.0 Å². The molecular weight excluding hydrogens is 499 g/mol. The largest absolute Gasteiger partial charge is 0.350 e. The molecule has 2 aliphatic heterocycles. The van der Waals surface area contributed by atoms with E-state index < -0.39 is 0 Å². The van der Waals surface area contributed by atoms with E-state index in [4.69, 9.17) is 4.98 Å². The van der Waals surface area contributed by atoms with Gasteiger partial charge in [0.15, 0.2) is 5.82 Å². The van der Waals surface area contributed by atoms with E-state index in [0.29, 0.717) is 12.2 Å². The number of benzene rings is 2. The normalized spacial score (nSPS) is 15.3. The molecule has 6 rings (SSSR count). The van der Waals surface area contributed by atoms with Crippen molar-refractivity contribution in [3.05, 3.63) is 94.1 Å². The van der Waals surface area contributed by atoms with E-state index in [2.05, 4.69) is 47.6 Å². The van der Waals surface area contributed by atoms with Crippen LogP contribution in [0.1, 0.15) is 57.7 Å². The number of aryl methyl sites for hydroxylation is 1. The number of hydrogen-bond donors (Lipinski definition) is 0. The molecule has 0 bridgehead atoms. The van der Waals surface area contributed by atoms with Crippen LogP contribution in [0, 0.1) is 19.7 Å². The van der Waals surface area contributed by atoms with Gasteiger partial charge < -0.3 is 14.4 Å². The molecule has 7 heteroatoms. The maximum absolute atomic E-state index is 14.0. The fourth-order valence-corrected chi connectivity index (χ4v) is 5.92. The van der Waals surface area contributed by atoms with E-state index in [1.807, 2.05) is 17.0 Å². The SMILES string of the molecule is Cc1c(C)n(Cc2cccc(F)c2)c2c(N3CCc4ccccc4C3)nc(C(=O)N3CCCCC3)cc12.Cl. The second-order valence-corrected chi connectivity index (χ2v) is 10.4. The van der Waals surface area contributed by atoms with Crippen LogP contribution >= 0.6 is 12.4 Å². The highest BCUT2D eigenvalue weighted by Crippen LogP contribution is 2.36. The average molecular weight is 533 g/mol. The van der Waals surface area contributed by atoms with Gasteiger partial charge in [-0.05, 0) is 80.0 Å². The zero-order valence-corrected chi connectivity index (χ0v) is 22.9. The summed E-state index contributed by atoms with van der Waals surface area (Å²) in [6.07, 6.45) is 4.21. The Morgan fingerprint density at radius 2 is 1.71 bits per heavy atom. The Hall–Kier alpha value is -3.38. The molecule has 1 fully saturated rings. The predicted octanol–water partition coefficient (Wildman–Crippen LogP) is 6.45. The summed E-state index contributed by atoms with van der Waals surface area (Å²) in [7, 11) is 0. The number of rotatable bonds is 4. The summed E-state index contributed by atoms with van der Waals surface area (Å²) in [5.74, 6) is 0.638. The second-order valence-electron chi connectivity index (χ2n) is 10.4. The van der Waals surface area contributed by atoms with Crippen molar-refractivity contribution < 1.29 is 9.18 Å². The lowest BCUT2D eigenvalue weighted by atomic mass is 9.99. The van der Waals surface area contributed by atoms with E-state index in [1.165, 1.54) is 23.6 Å². The van der Waals surface area contributed by atoms with Gasteiger partial charge in [0, 0.05) is 43.8 Å². The molecule has 4 heterocycles. The second kappa shape index (κ2) is 10.8. The Morgan fingerprint density at radius 3 is 2.47 bits per heavy atom. The van der Waals surface area contributed by atoms with Crippen molar-refractivity contribution in [2.24, 2.45) is 0 Å². The number of likely N-dealkylation sites (tertiary alicyclic amines) is 1. The smallest absolute Gasteiger partial charge is 0.272 e. The summed E-state index contributed by atoms with van der Waals surface area (Å²) in [4.78, 5) is 23.0. The third-order valence-electron chi connectivity index (χ3n) is 8.12. The Morgan fingerprint density at radius 1 is 0.947 bits per heavy atom. The van der Waals surface area contributed by atoms with Gasteiger partial charge in [0.25, 0.3) is 5.91 Å². The number of anilines is 1. The van der Waals surface area contributed by atoms with E-state index in [1.54, 1.807) is 12.1 Å². The zero-order chi connectivity index (χ0) is 25.5. The summed E-state index contributed by atoms with van der Waals surface area (Å²) in [5, 5.41) is 1.05. The molecule has 38 heavy (non-hydrogen) atoms. The lowest BCUT2D eigenvalue weighted by Gasteiger charge is -2.31. The van der Waals surface area contributed by atoms with Crippen LogP contribution < -0.4 is 4.90 Å². The maximum Gasteiger partial charge on any atom is 0.272 e. The summed E-state index contributed by atoms with van der Waals surface area (Å²) in [6.45, 7) is 7.95. The van der Waals surface area contributed by atoms with Crippen LogP contribution in [0.25, 0.3) is 10.9 Å². The number of carbonyl (C=O) groups excluding carboxylic acids is 1. The minimum atomic E-state index is -0.233. The minimum absolute atomic E-state index is 0. The molecule has 1 saturated heterocycles. The molecule has 0 atom stereocenters. The molecule has 0 saturated carbocycles. The van der Waals surface area contributed by atoms with Crippen molar-refractivity contribution in [2.45, 2.75) is 52.6 Å². The van der Waals surface area contributed by atoms with Crippen LogP contribution in [-0.4, -0.2) is 40.0 Å². The molecule has 0 spiro atoms.